The number of rotatable bonds is 6. The van der Waals surface area contributed by atoms with Gasteiger partial charge < -0.3 is 9.84 Å². The van der Waals surface area contributed by atoms with Gasteiger partial charge in [-0.2, -0.15) is 13.2 Å². The van der Waals surface area contributed by atoms with Gasteiger partial charge >= 0.3 is 6.18 Å². The Hall–Kier alpha value is -2.52. The number of benzene rings is 2. The van der Waals surface area contributed by atoms with Crippen molar-refractivity contribution in [1.82, 2.24) is 5.32 Å². The molecule has 0 bridgehead atoms. The van der Waals surface area contributed by atoms with Gasteiger partial charge in [0.05, 0.1) is 10.8 Å². The lowest BCUT2D eigenvalue weighted by molar-refractivity contribution is -0.137. The van der Waals surface area contributed by atoms with Gasteiger partial charge in [-0.25, -0.2) is 0 Å². The normalized spacial score (nSPS) is 17.1. The van der Waals surface area contributed by atoms with Crippen molar-refractivity contribution in [1.29, 1.82) is 0 Å². The molecule has 5 nitrogen and oxygen atoms in total. The van der Waals surface area contributed by atoms with Crippen LogP contribution in [-0.2, 0) is 17.4 Å². The van der Waals surface area contributed by atoms with E-state index in [1.165, 1.54) is 12.1 Å². The van der Waals surface area contributed by atoms with Crippen LogP contribution in [0.3, 0.4) is 0 Å². The van der Waals surface area contributed by atoms with Crippen LogP contribution in [0.4, 0.5) is 18.0 Å². The molecular weight excluding hydrogens is 419 g/mol. The average molecular weight is 441 g/mol. The number of alkyl halides is 3. The molecule has 0 aliphatic carbocycles. The standard InChI is InChI=1S/C19H16F3NO4S.C2H6/c20-19(21,22)13-3-1-2-12(9-13)15(24)10-27-14-6-4-11(5-7-14)8-16-17(25)23-18(26)28-16;1-2/h1-7,9,15-16,24H,8,10H2,(H,23,25,26);1-2H3. The van der Waals surface area contributed by atoms with E-state index in [0.717, 1.165) is 29.5 Å². The first-order valence-electron chi connectivity index (χ1n) is 9.31. The maximum absolute atomic E-state index is 12.8. The van der Waals surface area contributed by atoms with E-state index < -0.39 is 23.1 Å². The molecule has 9 heteroatoms. The molecule has 1 saturated heterocycles. The number of thioether (sulfide) groups is 1. The second kappa shape index (κ2) is 10.5. The van der Waals surface area contributed by atoms with Crippen molar-refractivity contribution < 1.29 is 32.6 Å². The lowest BCUT2D eigenvalue weighted by Gasteiger charge is -2.15. The van der Waals surface area contributed by atoms with Gasteiger partial charge in [-0.3, -0.25) is 14.9 Å². The number of aliphatic hydroxyl groups excluding tert-OH is 1. The molecule has 0 aromatic heterocycles. The highest BCUT2D eigenvalue weighted by atomic mass is 32.2. The number of ether oxygens (including phenoxy) is 1. The Bertz CT molecular complexity index is 871. The van der Waals surface area contributed by atoms with Crippen LogP contribution in [0.2, 0.25) is 0 Å². The van der Waals surface area contributed by atoms with Crippen molar-refractivity contribution >= 4 is 22.9 Å². The second-order valence-electron chi connectivity index (χ2n) is 6.18. The summed E-state index contributed by atoms with van der Waals surface area (Å²) in [6.45, 7) is 3.79. The Morgan fingerprint density at radius 3 is 2.37 bits per heavy atom. The fourth-order valence-corrected chi connectivity index (χ4v) is 3.52. The van der Waals surface area contributed by atoms with Crippen LogP contribution in [0.5, 0.6) is 5.75 Å². The van der Waals surface area contributed by atoms with Gasteiger partial charge in [-0.15, -0.1) is 0 Å². The number of carbonyl (C=O) groups excluding carboxylic acids is 2. The fourth-order valence-electron chi connectivity index (χ4n) is 2.66. The van der Waals surface area contributed by atoms with Gasteiger partial charge in [0, 0.05) is 0 Å². The molecule has 0 saturated carbocycles. The van der Waals surface area contributed by atoms with Crippen molar-refractivity contribution in [3.63, 3.8) is 0 Å². The number of halogens is 3. The van der Waals surface area contributed by atoms with E-state index >= 15 is 0 Å². The minimum absolute atomic E-state index is 0.111. The number of nitrogens with one attached hydrogen (secondary N) is 1. The average Bonchev–Trinajstić information content (AvgIpc) is 3.05. The van der Waals surface area contributed by atoms with E-state index in [4.69, 9.17) is 4.74 Å². The summed E-state index contributed by atoms with van der Waals surface area (Å²) in [5.74, 6) is 0.105. The van der Waals surface area contributed by atoms with Crippen LogP contribution in [0.25, 0.3) is 0 Å². The molecule has 162 valence electrons. The Morgan fingerprint density at radius 2 is 1.80 bits per heavy atom. The number of hydrogen-bond donors (Lipinski definition) is 2. The summed E-state index contributed by atoms with van der Waals surface area (Å²) in [5, 5.41) is 11.5. The summed E-state index contributed by atoms with van der Waals surface area (Å²) < 4.78 is 43.7. The first-order chi connectivity index (χ1) is 14.2. The van der Waals surface area contributed by atoms with Crippen LogP contribution in [-0.4, -0.2) is 28.1 Å². The number of aliphatic hydroxyl groups is 1. The second-order valence-corrected chi connectivity index (χ2v) is 7.36. The summed E-state index contributed by atoms with van der Waals surface area (Å²) >= 11 is 0.943. The zero-order valence-corrected chi connectivity index (χ0v) is 17.2. The quantitative estimate of drug-likeness (QED) is 0.677. The van der Waals surface area contributed by atoms with Gasteiger partial charge in [-0.1, -0.05) is 49.9 Å². The SMILES string of the molecule is CC.O=C1NC(=O)C(Cc2ccc(OCC(O)c3cccc(C(F)(F)F)c3)cc2)S1. The Balaban J connectivity index is 0.00000155. The number of hydrogen-bond acceptors (Lipinski definition) is 5. The maximum Gasteiger partial charge on any atom is 0.416 e. The number of carbonyl (C=O) groups is 2. The lowest BCUT2D eigenvalue weighted by Crippen LogP contribution is -2.25. The van der Waals surface area contributed by atoms with E-state index in [1.54, 1.807) is 24.3 Å². The van der Waals surface area contributed by atoms with Crippen molar-refractivity contribution in [3.05, 3.63) is 65.2 Å². The molecule has 2 aromatic carbocycles. The molecule has 2 N–H and O–H groups in total. The molecule has 2 unspecified atom stereocenters. The van der Waals surface area contributed by atoms with Crippen LogP contribution < -0.4 is 10.1 Å². The zero-order chi connectivity index (χ0) is 22.3. The van der Waals surface area contributed by atoms with Crippen LogP contribution in [0, 0.1) is 0 Å². The van der Waals surface area contributed by atoms with Crippen molar-refractivity contribution in [2.45, 2.75) is 37.8 Å². The van der Waals surface area contributed by atoms with Crippen LogP contribution in [0.1, 0.15) is 36.6 Å². The first-order valence-corrected chi connectivity index (χ1v) is 10.2. The molecule has 2 amide bonds. The lowest BCUT2D eigenvalue weighted by atomic mass is 10.1. The minimum atomic E-state index is -4.48. The fraction of sp³-hybridized carbons (Fsp3) is 0.333. The molecule has 1 aliphatic heterocycles. The molecule has 30 heavy (non-hydrogen) atoms. The third-order valence-electron chi connectivity index (χ3n) is 4.12. The molecule has 0 spiro atoms. The Morgan fingerprint density at radius 1 is 1.13 bits per heavy atom. The van der Waals surface area contributed by atoms with Crippen LogP contribution >= 0.6 is 11.8 Å². The molecule has 1 fully saturated rings. The topological polar surface area (TPSA) is 75.6 Å². The van der Waals surface area contributed by atoms with E-state index in [1.807, 2.05) is 13.8 Å². The van der Waals surface area contributed by atoms with E-state index in [-0.39, 0.29) is 23.3 Å². The third-order valence-corrected chi connectivity index (χ3v) is 5.10. The van der Waals surface area contributed by atoms with Crippen molar-refractivity contribution in [2.24, 2.45) is 0 Å². The highest BCUT2D eigenvalue weighted by Gasteiger charge is 2.32. The smallest absolute Gasteiger partial charge is 0.416 e. The summed E-state index contributed by atoms with van der Waals surface area (Å²) in [7, 11) is 0. The van der Waals surface area contributed by atoms with Gasteiger partial charge in [0.15, 0.2) is 0 Å². The molecule has 2 atom stereocenters. The van der Waals surface area contributed by atoms with Gasteiger partial charge in [0.25, 0.3) is 5.24 Å². The van der Waals surface area contributed by atoms with E-state index in [9.17, 15) is 27.9 Å². The predicted molar refractivity (Wildman–Crippen MR) is 108 cm³/mol. The van der Waals surface area contributed by atoms with Gasteiger partial charge in [0.2, 0.25) is 5.91 Å². The third kappa shape index (κ3) is 6.50. The Kier molecular flexibility index (Phi) is 8.31. The number of amides is 2. The summed E-state index contributed by atoms with van der Waals surface area (Å²) in [4.78, 5) is 22.8. The monoisotopic (exact) mass is 441 g/mol. The van der Waals surface area contributed by atoms with Gasteiger partial charge in [-0.05, 0) is 41.8 Å². The summed E-state index contributed by atoms with van der Waals surface area (Å²) in [6, 6.07) is 11.2. The van der Waals surface area contributed by atoms with E-state index in [0.29, 0.717) is 12.2 Å². The largest absolute Gasteiger partial charge is 0.491 e. The maximum atomic E-state index is 12.8. The molecule has 0 radical (unpaired) electrons. The Labute approximate surface area is 176 Å². The highest BCUT2D eigenvalue weighted by molar-refractivity contribution is 8.15. The molecule has 1 aliphatic rings. The molecule has 3 rings (SSSR count). The molecular formula is C21H22F3NO4S. The molecule has 1 heterocycles. The minimum Gasteiger partial charge on any atom is -0.491 e. The summed E-state index contributed by atoms with van der Waals surface area (Å²) in [5.41, 5.74) is 0.106. The highest BCUT2D eigenvalue weighted by Crippen LogP contribution is 2.31. The van der Waals surface area contributed by atoms with E-state index in [2.05, 4.69) is 5.32 Å². The van der Waals surface area contributed by atoms with Crippen LogP contribution in [0.15, 0.2) is 48.5 Å². The van der Waals surface area contributed by atoms with Gasteiger partial charge in [0.1, 0.15) is 18.5 Å². The molecule has 2 aromatic rings. The predicted octanol–water partition coefficient (Wildman–Crippen LogP) is 4.74. The zero-order valence-electron chi connectivity index (χ0n) is 16.4. The first kappa shape index (κ1) is 23.8. The summed E-state index contributed by atoms with van der Waals surface area (Å²) in [6.07, 6.45) is -5.31. The van der Waals surface area contributed by atoms with Crippen molar-refractivity contribution in [3.8, 4) is 5.75 Å². The van der Waals surface area contributed by atoms with Crippen molar-refractivity contribution in [2.75, 3.05) is 6.61 Å². The number of imide groups is 1.